The number of carbonyl (C=O) groups excluding carboxylic acids is 1. The van der Waals surface area contributed by atoms with Gasteiger partial charge in [0, 0.05) is 25.7 Å². The Morgan fingerprint density at radius 1 is 1.03 bits per heavy atom. The molecule has 1 saturated heterocycles. The average molecular weight is 442 g/mol. The number of piperidine rings is 1. The third-order valence-corrected chi connectivity index (χ3v) is 6.15. The van der Waals surface area contributed by atoms with Crippen LogP contribution in [-0.2, 0) is 17.9 Å². The molecule has 0 unspecified atom stereocenters. The van der Waals surface area contributed by atoms with Crippen molar-refractivity contribution < 1.29 is 13.9 Å². The smallest absolute Gasteiger partial charge is 0.246 e. The van der Waals surface area contributed by atoms with Gasteiger partial charge in [0.1, 0.15) is 23.9 Å². The van der Waals surface area contributed by atoms with E-state index in [0.717, 1.165) is 55.1 Å². The summed E-state index contributed by atoms with van der Waals surface area (Å²) in [6, 6.07) is 21.7. The minimum Gasteiger partial charge on any atom is -0.486 e. The van der Waals surface area contributed by atoms with E-state index in [1.807, 2.05) is 59.5 Å². The number of nitrogens with zero attached hydrogens (tertiary/aromatic N) is 3. The van der Waals surface area contributed by atoms with Crippen LogP contribution >= 0.6 is 0 Å². The SMILES string of the molecule is O=C(/C=C/c1ccco1)N1CCC(Cn2c(COc3ccccc3)nc3ccccc32)CC1. The number of fused-ring (bicyclic) bond motifs is 1. The lowest BCUT2D eigenvalue weighted by molar-refractivity contribution is -0.127. The van der Waals surface area contributed by atoms with Crippen molar-refractivity contribution in [2.45, 2.75) is 26.0 Å². The number of rotatable bonds is 7. The summed E-state index contributed by atoms with van der Waals surface area (Å²) in [6.45, 7) is 2.81. The molecular formula is C27H27N3O3. The van der Waals surface area contributed by atoms with E-state index in [4.69, 9.17) is 14.1 Å². The fourth-order valence-electron chi connectivity index (χ4n) is 4.34. The Balaban J connectivity index is 1.24. The second kappa shape index (κ2) is 9.77. The van der Waals surface area contributed by atoms with Crippen molar-refractivity contribution in [2.75, 3.05) is 13.1 Å². The number of furan rings is 1. The first-order chi connectivity index (χ1) is 16.3. The molecule has 0 aliphatic carbocycles. The molecule has 33 heavy (non-hydrogen) atoms. The van der Waals surface area contributed by atoms with Gasteiger partial charge in [0.25, 0.3) is 0 Å². The van der Waals surface area contributed by atoms with Crippen LogP contribution in [0.3, 0.4) is 0 Å². The Bertz CT molecular complexity index is 1220. The molecule has 3 heterocycles. The van der Waals surface area contributed by atoms with Crippen LogP contribution in [0.2, 0.25) is 0 Å². The molecule has 4 aromatic rings. The van der Waals surface area contributed by atoms with Gasteiger partial charge in [-0.1, -0.05) is 30.3 Å². The molecular weight excluding hydrogens is 414 g/mol. The minimum absolute atomic E-state index is 0.0369. The van der Waals surface area contributed by atoms with Gasteiger partial charge in [-0.15, -0.1) is 0 Å². The highest BCUT2D eigenvalue weighted by Crippen LogP contribution is 2.25. The Morgan fingerprint density at radius 3 is 2.61 bits per heavy atom. The molecule has 1 aliphatic heterocycles. The minimum atomic E-state index is 0.0369. The maximum Gasteiger partial charge on any atom is 0.246 e. The van der Waals surface area contributed by atoms with Gasteiger partial charge in [-0.25, -0.2) is 4.98 Å². The zero-order chi connectivity index (χ0) is 22.5. The molecule has 1 amide bonds. The maximum atomic E-state index is 12.5. The van der Waals surface area contributed by atoms with E-state index < -0.39 is 0 Å². The highest BCUT2D eigenvalue weighted by molar-refractivity contribution is 5.91. The number of ether oxygens (including phenoxy) is 1. The van der Waals surface area contributed by atoms with Crippen LogP contribution in [0.5, 0.6) is 5.75 Å². The number of hydrogen-bond acceptors (Lipinski definition) is 4. The van der Waals surface area contributed by atoms with E-state index in [9.17, 15) is 4.79 Å². The van der Waals surface area contributed by atoms with Crippen molar-refractivity contribution in [3.8, 4) is 5.75 Å². The van der Waals surface area contributed by atoms with Crippen molar-refractivity contribution >= 4 is 23.0 Å². The van der Waals surface area contributed by atoms with Gasteiger partial charge in [0.15, 0.2) is 0 Å². The first kappa shape index (κ1) is 21.1. The van der Waals surface area contributed by atoms with Crippen LogP contribution in [-0.4, -0.2) is 33.4 Å². The predicted octanol–water partition coefficient (Wildman–Crippen LogP) is 5.16. The summed E-state index contributed by atoms with van der Waals surface area (Å²) >= 11 is 0. The molecule has 0 bridgehead atoms. The summed E-state index contributed by atoms with van der Waals surface area (Å²) in [5.74, 6) is 2.98. The van der Waals surface area contributed by atoms with Crippen LogP contribution in [0.1, 0.15) is 24.4 Å². The molecule has 0 N–H and O–H groups in total. The molecule has 1 aliphatic rings. The van der Waals surface area contributed by atoms with Crippen molar-refractivity contribution in [1.82, 2.24) is 14.5 Å². The lowest BCUT2D eigenvalue weighted by atomic mass is 9.96. The number of aromatic nitrogens is 2. The quantitative estimate of drug-likeness (QED) is 0.372. The molecule has 1 fully saturated rings. The van der Waals surface area contributed by atoms with Gasteiger partial charge in [0.05, 0.1) is 17.3 Å². The lowest BCUT2D eigenvalue weighted by Crippen LogP contribution is -2.38. The normalized spacial score (nSPS) is 14.8. The van der Waals surface area contributed by atoms with Crippen LogP contribution in [0.4, 0.5) is 0 Å². The van der Waals surface area contributed by atoms with Gasteiger partial charge in [-0.2, -0.15) is 0 Å². The molecule has 5 rings (SSSR count). The van der Waals surface area contributed by atoms with Crippen molar-refractivity contribution in [3.63, 3.8) is 0 Å². The molecule has 168 valence electrons. The number of carbonyl (C=O) groups is 1. The van der Waals surface area contributed by atoms with Crippen molar-refractivity contribution in [3.05, 3.63) is 90.7 Å². The summed E-state index contributed by atoms with van der Waals surface area (Å²) in [5.41, 5.74) is 2.11. The third kappa shape index (κ3) is 5.00. The van der Waals surface area contributed by atoms with Crippen molar-refractivity contribution in [2.24, 2.45) is 5.92 Å². The number of amides is 1. The second-order valence-electron chi connectivity index (χ2n) is 8.35. The zero-order valence-corrected chi connectivity index (χ0v) is 18.5. The van der Waals surface area contributed by atoms with E-state index in [2.05, 4.69) is 16.7 Å². The topological polar surface area (TPSA) is 60.5 Å². The Labute approximate surface area is 193 Å². The summed E-state index contributed by atoms with van der Waals surface area (Å²) < 4.78 is 13.6. The maximum absolute atomic E-state index is 12.5. The van der Waals surface area contributed by atoms with E-state index in [1.165, 1.54) is 0 Å². The second-order valence-corrected chi connectivity index (χ2v) is 8.35. The van der Waals surface area contributed by atoms with Crippen LogP contribution < -0.4 is 4.74 Å². The Morgan fingerprint density at radius 2 is 1.82 bits per heavy atom. The summed E-state index contributed by atoms with van der Waals surface area (Å²) in [6.07, 6.45) is 6.86. The highest BCUT2D eigenvalue weighted by atomic mass is 16.5. The fraction of sp³-hybridized carbons (Fsp3) is 0.259. The molecule has 0 radical (unpaired) electrons. The molecule has 6 nitrogen and oxygen atoms in total. The first-order valence-corrected chi connectivity index (χ1v) is 11.4. The highest BCUT2D eigenvalue weighted by Gasteiger charge is 2.23. The number of benzene rings is 2. The number of para-hydroxylation sites is 3. The van der Waals surface area contributed by atoms with Gasteiger partial charge in [-0.05, 0) is 61.2 Å². The van der Waals surface area contributed by atoms with Crippen molar-refractivity contribution in [1.29, 1.82) is 0 Å². The zero-order valence-electron chi connectivity index (χ0n) is 18.5. The largest absolute Gasteiger partial charge is 0.486 e. The Hall–Kier alpha value is -3.80. The molecule has 0 spiro atoms. The Kier molecular flexibility index (Phi) is 6.24. The molecule has 2 aromatic heterocycles. The molecule has 6 heteroatoms. The molecule has 0 atom stereocenters. The van der Waals surface area contributed by atoms with Gasteiger partial charge < -0.3 is 18.6 Å². The summed E-state index contributed by atoms with van der Waals surface area (Å²) in [4.78, 5) is 19.3. The third-order valence-electron chi connectivity index (χ3n) is 6.15. The van der Waals surface area contributed by atoms with Gasteiger partial charge >= 0.3 is 0 Å². The van der Waals surface area contributed by atoms with E-state index in [-0.39, 0.29) is 5.91 Å². The summed E-state index contributed by atoms with van der Waals surface area (Å²) in [7, 11) is 0. The molecule has 0 saturated carbocycles. The van der Waals surface area contributed by atoms with Crippen LogP contribution in [0, 0.1) is 5.92 Å². The van der Waals surface area contributed by atoms with E-state index >= 15 is 0 Å². The van der Waals surface area contributed by atoms with Gasteiger partial charge in [0.2, 0.25) is 5.91 Å². The standard InChI is InChI=1S/C27H27N3O3/c31-27(13-12-23-9-6-18-32-23)29-16-14-21(15-17-29)19-30-25-11-5-4-10-24(25)28-26(30)20-33-22-7-2-1-3-8-22/h1-13,18,21H,14-17,19-20H2/b13-12+. The monoisotopic (exact) mass is 441 g/mol. The predicted molar refractivity (Wildman–Crippen MR) is 128 cm³/mol. The van der Waals surface area contributed by atoms with E-state index in [1.54, 1.807) is 18.4 Å². The van der Waals surface area contributed by atoms with Crippen LogP contribution in [0.15, 0.2) is 83.5 Å². The van der Waals surface area contributed by atoms with Crippen LogP contribution in [0.25, 0.3) is 17.1 Å². The van der Waals surface area contributed by atoms with E-state index in [0.29, 0.717) is 18.3 Å². The fourth-order valence-corrected chi connectivity index (χ4v) is 4.34. The number of likely N-dealkylation sites (tertiary alicyclic amines) is 1. The first-order valence-electron chi connectivity index (χ1n) is 11.4. The van der Waals surface area contributed by atoms with Gasteiger partial charge in [-0.3, -0.25) is 4.79 Å². The summed E-state index contributed by atoms with van der Waals surface area (Å²) in [5, 5.41) is 0. The lowest BCUT2D eigenvalue weighted by Gasteiger charge is -2.32. The number of hydrogen-bond donors (Lipinski definition) is 0. The molecule has 2 aromatic carbocycles. The average Bonchev–Trinajstić information content (AvgIpc) is 3.51. The number of imidazole rings is 1.